The first kappa shape index (κ1) is 25.4. The van der Waals surface area contributed by atoms with E-state index in [-0.39, 0.29) is 28.8 Å². The molecular formula is C30H27F2NO5. The normalized spacial score (nSPS) is 14.7. The lowest BCUT2D eigenvalue weighted by Gasteiger charge is -2.26. The maximum Gasteiger partial charge on any atom is 0.291 e. The van der Waals surface area contributed by atoms with Crippen LogP contribution in [-0.2, 0) is 6.54 Å². The van der Waals surface area contributed by atoms with E-state index in [1.807, 2.05) is 0 Å². The number of hydrogen-bond acceptors (Lipinski definition) is 5. The summed E-state index contributed by atoms with van der Waals surface area (Å²) in [6.07, 6.45) is 3.02. The maximum atomic E-state index is 14.0. The fraction of sp³-hybridized carbons (Fsp3) is 0.267. The Labute approximate surface area is 218 Å². The van der Waals surface area contributed by atoms with Crippen molar-refractivity contribution < 1.29 is 27.5 Å². The number of fused-ring (bicyclic) bond motifs is 2. The highest BCUT2D eigenvalue weighted by Crippen LogP contribution is 2.41. The molecule has 0 saturated heterocycles. The third-order valence-corrected chi connectivity index (χ3v) is 6.70. The zero-order chi connectivity index (χ0) is 26.8. The number of ether oxygens (including phenoxy) is 2. The van der Waals surface area contributed by atoms with Gasteiger partial charge in [0.2, 0.25) is 5.76 Å². The van der Waals surface area contributed by atoms with E-state index in [4.69, 9.17) is 13.9 Å². The molecule has 0 bridgehead atoms. The van der Waals surface area contributed by atoms with Crippen LogP contribution in [0.3, 0.4) is 0 Å². The van der Waals surface area contributed by atoms with Gasteiger partial charge in [-0.05, 0) is 60.0 Å². The molecule has 1 aliphatic heterocycles. The molecule has 0 radical (unpaired) electrons. The number of nitrogens with zero attached hydrogens (tertiary/aromatic N) is 1. The minimum Gasteiger partial charge on any atom is -0.493 e. The van der Waals surface area contributed by atoms with Crippen molar-refractivity contribution in [1.29, 1.82) is 0 Å². The van der Waals surface area contributed by atoms with E-state index in [9.17, 15) is 18.4 Å². The lowest BCUT2D eigenvalue weighted by atomic mass is 9.97. The Balaban J connectivity index is 1.62. The van der Waals surface area contributed by atoms with Gasteiger partial charge >= 0.3 is 0 Å². The fourth-order valence-corrected chi connectivity index (χ4v) is 4.80. The summed E-state index contributed by atoms with van der Waals surface area (Å²) < 4.78 is 44.9. The Bertz CT molecular complexity index is 1550. The second-order valence-corrected chi connectivity index (χ2v) is 9.24. The summed E-state index contributed by atoms with van der Waals surface area (Å²) >= 11 is 0. The van der Waals surface area contributed by atoms with Crippen LogP contribution in [0.5, 0.6) is 11.5 Å². The van der Waals surface area contributed by atoms with Crippen molar-refractivity contribution in [3.63, 3.8) is 0 Å². The molecule has 0 saturated carbocycles. The SMILES string of the molecule is CCCCCOc1ccc(C2c3c(oc4ccc(F)cc4c3=O)C(=O)N2Cc2ccc(F)cc2)cc1OC. The van der Waals surface area contributed by atoms with Gasteiger partial charge in [-0.1, -0.05) is 38.0 Å². The van der Waals surface area contributed by atoms with Crippen LogP contribution in [0.2, 0.25) is 0 Å². The number of halogens is 2. The van der Waals surface area contributed by atoms with E-state index in [0.29, 0.717) is 29.2 Å². The van der Waals surface area contributed by atoms with Gasteiger partial charge in [0.15, 0.2) is 16.9 Å². The zero-order valence-corrected chi connectivity index (χ0v) is 21.1. The van der Waals surface area contributed by atoms with Gasteiger partial charge < -0.3 is 18.8 Å². The number of carbonyl (C=O) groups excluding carboxylic acids is 1. The Morgan fingerprint density at radius 2 is 1.68 bits per heavy atom. The molecule has 0 aliphatic carbocycles. The second-order valence-electron chi connectivity index (χ2n) is 9.24. The van der Waals surface area contributed by atoms with Crippen molar-refractivity contribution >= 4 is 16.9 Å². The highest BCUT2D eigenvalue weighted by Gasteiger charge is 2.43. The van der Waals surface area contributed by atoms with Crippen molar-refractivity contribution in [1.82, 2.24) is 4.90 Å². The largest absolute Gasteiger partial charge is 0.493 e. The monoisotopic (exact) mass is 519 g/mol. The van der Waals surface area contributed by atoms with E-state index in [1.165, 1.54) is 36.3 Å². The first-order valence-corrected chi connectivity index (χ1v) is 12.5. The minimum atomic E-state index is -0.838. The Morgan fingerprint density at radius 3 is 2.42 bits per heavy atom. The maximum absolute atomic E-state index is 14.0. The summed E-state index contributed by atoms with van der Waals surface area (Å²) in [5.41, 5.74) is 1.02. The number of hydrogen-bond donors (Lipinski definition) is 0. The molecule has 1 aliphatic rings. The summed E-state index contributed by atoms with van der Waals surface area (Å²) in [6, 6.07) is 13.8. The van der Waals surface area contributed by atoms with Gasteiger partial charge in [0.05, 0.1) is 30.7 Å². The van der Waals surface area contributed by atoms with Crippen LogP contribution >= 0.6 is 0 Å². The molecule has 8 heteroatoms. The third kappa shape index (κ3) is 4.74. The van der Waals surface area contributed by atoms with Gasteiger partial charge in [-0.2, -0.15) is 0 Å². The minimum absolute atomic E-state index is 0.0491. The molecule has 0 fully saturated rings. The summed E-state index contributed by atoms with van der Waals surface area (Å²) in [5.74, 6) is -0.560. The van der Waals surface area contributed by atoms with E-state index in [0.717, 1.165) is 25.3 Å². The smallest absolute Gasteiger partial charge is 0.291 e. The molecule has 1 unspecified atom stereocenters. The van der Waals surface area contributed by atoms with Gasteiger partial charge in [-0.15, -0.1) is 0 Å². The van der Waals surface area contributed by atoms with Gasteiger partial charge in [-0.3, -0.25) is 9.59 Å². The molecule has 196 valence electrons. The van der Waals surface area contributed by atoms with E-state index in [1.54, 1.807) is 30.3 Å². The molecule has 2 heterocycles. The average Bonchev–Trinajstić information content (AvgIpc) is 3.19. The number of unbranched alkanes of at least 4 members (excludes halogenated alkanes) is 2. The molecule has 6 nitrogen and oxygen atoms in total. The van der Waals surface area contributed by atoms with Crippen LogP contribution in [0.1, 0.15) is 59.5 Å². The molecule has 4 aromatic rings. The molecule has 38 heavy (non-hydrogen) atoms. The quantitative estimate of drug-likeness (QED) is 0.240. The first-order valence-electron chi connectivity index (χ1n) is 12.5. The van der Waals surface area contributed by atoms with Crippen molar-refractivity contribution in [3.05, 3.63) is 105 Å². The van der Waals surface area contributed by atoms with E-state index >= 15 is 0 Å². The van der Waals surface area contributed by atoms with Crippen LogP contribution in [0.25, 0.3) is 11.0 Å². The lowest BCUT2D eigenvalue weighted by Crippen LogP contribution is -2.29. The first-order chi connectivity index (χ1) is 18.4. The summed E-state index contributed by atoms with van der Waals surface area (Å²) in [6.45, 7) is 2.74. The summed E-state index contributed by atoms with van der Waals surface area (Å²) in [7, 11) is 1.52. The van der Waals surface area contributed by atoms with Crippen molar-refractivity contribution in [3.8, 4) is 11.5 Å². The Morgan fingerprint density at radius 1 is 0.921 bits per heavy atom. The Hall–Kier alpha value is -4.20. The molecule has 1 aromatic heterocycles. The van der Waals surface area contributed by atoms with Gasteiger partial charge in [-0.25, -0.2) is 8.78 Å². The van der Waals surface area contributed by atoms with Crippen molar-refractivity contribution in [2.45, 2.75) is 38.8 Å². The van der Waals surface area contributed by atoms with Crippen LogP contribution < -0.4 is 14.9 Å². The predicted molar refractivity (Wildman–Crippen MR) is 139 cm³/mol. The lowest BCUT2D eigenvalue weighted by molar-refractivity contribution is 0.0714. The predicted octanol–water partition coefficient (Wildman–Crippen LogP) is 6.39. The molecular weight excluding hydrogens is 492 g/mol. The number of amides is 1. The number of methoxy groups -OCH3 is 1. The number of carbonyl (C=O) groups is 1. The van der Waals surface area contributed by atoms with Gasteiger partial charge in [0.1, 0.15) is 17.2 Å². The van der Waals surface area contributed by atoms with Crippen molar-refractivity contribution in [2.24, 2.45) is 0 Å². The van der Waals surface area contributed by atoms with E-state index < -0.39 is 29.0 Å². The van der Waals surface area contributed by atoms with Crippen LogP contribution in [0, 0.1) is 11.6 Å². The molecule has 0 spiro atoms. The molecule has 3 aromatic carbocycles. The third-order valence-electron chi connectivity index (χ3n) is 6.70. The zero-order valence-electron chi connectivity index (χ0n) is 21.1. The van der Waals surface area contributed by atoms with E-state index in [2.05, 4.69) is 6.92 Å². The average molecular weight is 520 g/mol. The Kier molecular flexibility index (Phi) is 7.13. The topological polar surface area (TPSA) is 69.0 Å². The van der Waals surface area contributed by atoms with Crippen molar-refractivity contribution in [2.75, 3.05) is 13.7 Å². The molecule has 0 N–H and O–H groups in total. The number of rotatable bonds is 9. The highest BCUT2D eigenvalue weighted by atomic mass is 19.1. The summed E-state index contributed by atoms with van der Waals surface area (Å²) in [4.78, 5) is 28.8. The standard InChI is InChI=1S/C30H27F2NO5/c1-3-4-5-14-37-24-12-8-19(15-25(24)36-2)27-26-28(34)22-16-21(32)11-13-23(22)38-29(26)30(35)33(27)17-18-6-9-20(31)10-7-18/h6-13,15-16,27H,3-5,14,17H2,1-2H3. The van der Waals surface area contributed by atoms with Crippen LogP contribution in [0.4, 0.5) is 8.78 Å². The van der Waals surface area contributed by atoms with Gasteiger partial charge in [0, 0.05) is 6.54 Å². The number of benzene rings is 3. The highest BCUT2D eigenvalue weighted by molar-refractivity contribution is 5.99. The molecule has 5 rings (SSSR count). The second kappa shape index (κ2) is 10.7. The molecule has 1 amide bonds. The van der Waals surface area contributed by atoms with Crippen LogP contribution in [-0.4, -0.2) is 24.5 Å². The van der Waals surface area contributed by atoms with Gasteiger partial charge in [0.25, 0.3) is 5.91 Å². The molecule has 1 atom stereocenters. The summed E-state index contributed by atoms with van der Waals surface area (Å²) in [5, 5.41) is 0.0491. The fourth-order valence-electron chi connectivity index (χ4n) is 4.80. The van der Waals surface area contributed by atoms with Crippen LogP contribution in [0.15, 0.2) is 69.9 Å².